The number of methoxy groups -OCH3 is 1. The van der Waals surface area contributed by atoms with E-state index in [1.54, 1.807) is 13.2 Å². The predicted octanol–water partition coefficient (Wildman–Crippen LogP) is 5.30. The molecule has 1 aromatic rings. The number of rotatable bonds is 24. The number of hydrogen-bond donors (Lipinski definition) is 4. The topological polar surface area (TPSA) is 135 Å². The molecule has 2 rings (SSSR count). The normalized spacial score (nSPS) is 17.1. The molecular weight excluding hydrogens is 608 g/mol. The first kappa shape index (κ1) is 41.9. The second-order valence-electron chi connectivity index (χ2n) is 14.4. The number of carbonyl (C=O) groups excluding carboxylic acids is 2. The number of nitrogens with two attached hydrogens (primary N) is 1. The molecule has 0 spiro atoms. The molecule has 4 atom stereocenters. The largest absolute Gasteiger partial charge is 0.493 e. The van der Waals surface area contributed by atoms with Crippen LogP contribution in [-0.2, 0) is 20.9 Å². The zero-order valence-corrected chi connectivity index (χ0v) is 31.2. The minimum absolute atomic E-state index is 0.00348. The van der Waals surface area contributed by atoms with E-state index in [-0.39, 0.29) is 18.2 Å². The van der Waals surface area contributed by atoms with E-state index < -0.39 is 23.6 Å². The third-order valence-electron chi connectivity index (χ3n) is 9.91. The van der Waals surface area contributed by atoms with Crippen LogP contribution in [0.4, 0.5) is 0 Å². The van der Waals surface area contributed by atoms with Gasteiger partial charge in [0.15, 0.2) is 0 Å². The minimum Gasteiger partial charge on any atom is -0.493 e. The van der Waals surface area contributed by atoms with Gasteiger partial charge in [-0.05, 0) is 87.1 Å². The van der Waals surface area contributed by atoms with Gasteiger partial charge in [-0.15, -0.1) is 0 Å². The zero-order valence-electron chi connectivity index (χ0n) is 31.2. The van der Waals surface area contributed by atoms with E-state index in [1.165, 1.54) is 19.3 Å². The number of unbranched alkanes of at least 4 members (excludes halogenated alkanes) is 2. The molecule has 48 heavy (non-hydrogen) atoms. The van der Waals surface area contributed by atoms with Crippen LogP contribution in [0.25, 0.3) is 0 Å². The maximum absolute atomic E-state index is 14.2. The fraction of sp³-hybridized carbons (Fsp3) is 0.789. The van der Waals surface area contributed by atoms with E-state index in [9.17, 15) is 14.7 Å². The molecule has 1 aromatic carbocycles. The van der Waals surface area contributed by atoms with Crippen LogP contribution >= 0.6 is 0 Å². The van der Waals surface area contributed by atoms with Crippen molar-refractivity contribution in [3.8, 4) is 5.75 Å². The summed E-state index contributed by atoms with van der Waals surface area (Å²) in [6.45, 7) is 18.0. The third kappa shape index (κ3) is 13.9. The van der Waals surface area contributed by atoms with Gasteiger partial charge < -0.3 is 40.6 Å². The Morgan fingerprint density at radius 2 is 1.73 bits per heavy atom. The molecule has 0 saturated carbocycles. The quantitative estimate of drug-likeness (QED) is 0.109. The van der Waals surface area contributed by atoms with E-state index in [0.29, 0.717) is 62.5 Å². The lowest BCUT2D eigenvalue weighted by atomic mass is 9.77. The average Bonchev–Trinajstić information content (AvgIpc) is 3.06. The molecule has 1 fully saturated rings. The van der Waals surface area contributed by atoms with Gasteiger partial charge in [0, 0.05) is 39.3 Å². The number of hydrogen-bond acceptors (Lipinski definition) is 8. The van der Waals surface area contributed by atoms with Crippen molar-refractivity contribution in [3.63, 3.8) is 0 Å². The molecule has 2 amide bonds. The standard InChI is InChI=1S/C38H68N4O6/c1-8-9-17-40-37(45)38(29(4)5,26-34(43)33(39)24-30(6)28(2)3)41-36(44)32-16-15-31(25-35(32)48-22-14-13-21-46-7)27-47-23-20-42-18-11-10-12-19-42/h15-16,25,28-30,33-34,43H,8-14,17-24,26-27,39H2,1-7H3,(H,40,45)(H,41,44)/t30-,33-,34-,38-/m0/s1. The number of benzene rings is 1. The summed E-state index contributed by atoms with van der Waals surface area (Å²) in [6, 6.07) is 4.95. The van der Waals surface area contributed by atoms with Crippen LogP contribution in [-0.4, -0.2) is 92.6 Å². The second kappa shape index (κ2) is 22.5. The fourth-order valence-electron chi connectivity index (χ4n) is 6.05. The van der Waals surface area contributed by atoms with Crippen molar-refractivity contribution in [2.75, 3.05) is 53.1 Å². The van der Waals surface area contributed by atoms with Crippen molar-refractivity contribution in [2.45, 2.75) is 124 Å². The lowest BCUT2D eigenvalue weighted by molar-refractivity contribution is -0.131. The monoisotopic (exact) mass is 677 g/mol. The molecule has 0 aromatic heterocycles. The van der Waals surface area contributed by atoms with Crippen molar-refractivity contribution in [3.05, 3.63) is 29.3 Å². The Bertz CT molecular complexity index is 1060. The molecule has 10 nitrogen and oxygen atoms in total. The first-order valence-electron chi connectivity index (χ1n) is 18.5. The average molecular weight is 677 g/mol. The lowest BCUT2D eigenvalue weighted by Gasteiger charge is -2.40. The van der Waals surface area contributed by atoms with Gasteiger partial charge in [-0.2, -0.15) is 0 Å². The zero-order chi connectivity index (χ0) is 35.5. The molecule has 5 N–H and O–H groups in total. The van der Waals surface area contributed by atoms with Crippen LogP contribution in [0.3, 0.4) is 0 Å². The van der Waals surface area contributed by atoms with Crippen LogP contribution in [0.1, 0.15) is 115 Å². The highest BCUT2D eigenvalue weighted by molar-refractivity contribution is 6.01. The summed E-state index contributed by atoms with van der Waals surface area (Å²) in [5, 5.41) is 17.5. The molecule has 0 bridgehead atoms. The van der Waals surface area contributed by atoms with E-state index >= 15 is 0 Å². The van der Waals surface area contributed by atoms with E-state index in [2.05, 4.69) is 43.2 Å². The number of aliphatic hydroxyl groups is 1. The Balaban J connectivity index is 2.32. The molecule has 276 valence electrons. The van der Waals surface area contributed by atoms with Crippen LogP contribution in [0.2, 0.25) is 0 Å². The number of nitrogens with zero attached hydrogens (tertiary/aromatic N) is 1. The van der Waals surface area contributed by atoms with E-state index in [1.807, 2.05) is 26.0 Å². The molecular formula is C38H68N4O6. The second-order valence-corrected chi connectivity index (χ2v) is 14.4. The van der Waals surface area contributed by atoms with Gasteiger partial charge in [-0.3, -0.25) is 9.59 Å². The van der Waals surface area contributed by atoms with Gasteiger partial charge in [0.05, 0.1) is 31.5 Å². The number of carbonyl (C=O) groups is 2. The smallest absolute Gasteiger partial charge is 0.255 e. The summed E-state index contributed by atoms with van der Waals surface area (Å²) in [7, 11) is 1.67. The summed E-state index contributed by atoms with van der Waals surface area (Å²) >= 11 is 0. The molecule has 0 radical (unpaired) electrons. The van der Waals surface area contributed by atoms with Gasteiger partial charge in [0.1, 0.15) is 11.3 Å². The van der Waals surface area contributed by atoms with Crippen molar-refractivity contribution in [2.24, 2.45) is 23.5 Å². The van der Waals surface area contributed by atoms with Crippen molar-refractivity contribution in [1.82, 2.24) is 15.5 Å². The summed E-state index contributed by atoms with van der Waals surface area (Å²) in [6.07, 6.45) is 6.74. The number of aliphatic hydroxyl groups excluding tert-OH is 1. The SMILES string of the molecule is CCCCNC(=O)[C@@](C[C@H](O)[C@@H](N)C[C@H](C)C(C)C)(NC(=O)c1ccc(COCCN2CCCCC2)cc1OCCCCOC)C(C)C. The van der Waals surface area contributed by atoms with Crippen LogP contribution < -0.4 is 21.1 Å². The Morgan fingerprint density at radius 1 is 1.02 bits per heavy atom. The highest BCUT2D eigenvalue weighted by Crippen LogP contribution is 2.29. The minimum atomic E-state index is -1.39. The van der Waals surface area contributed by atoms with Crippen molar-refractivity contribution in [1.29, 1.82) is 0 Å². The van der Waals surface area contributed by atoms with Crippen molar-refractivity contribution >= 4 is 11.8 Å². The summed E-state index contributed by atoms with van der Waals surface area (Å²) < 4.78 is 17.4. The summed E-state index contributed by atoms with van der Waals surface area (Å²) in [5.74, 6) is 0.0592. The molecule has 0 aliphatic carbocycles. The summed E-state index contributed by atoms with van der Waals surface area (Å²) in [4.78, 5) is 30.6. The maximum atomic E-state index is 14.2. The Morgan fingerprint density at radius 3 is 2.38 bits per heavy atom. The molecule has 1 aliphatic rings. The number of nitrogens with one attached hydrogen (secondary N) is 2. The van der Waals surface area contributed by atoms with Gasteiger partial charge >= 0.3 is 0 Å². The lowest BCUT2D eigenvalue weighted by Crippen LogP contribution is -2.64. The first-order chi connectivity index (χ1) is 22.9. The Labute approximate surface area is 291 Å². The number of likely N-dealkylation sites (tertiary alicyclic amines) is 1. The van der Waals surface area contributed by atoms with Gasteiger partial charge in [-0.1, -0.05) is 60.5 Å². The highest BCUT2D eigenvalue weighted by atomic mass is 16.5. The summed E-state index contributed by atoms with van der Waals surface area (Å²) in [5.41, 5.74) is 6.36. The highest BCUT2D eigenvalue weighted by Gasteiger charge is 2.45. The molecule has 0 unspecified atom stereocenters. The van der Waals surface area contributed by atoms with Crippen LogP contribution in [0.15, 0.2) is 18.2 Å². The molecule has 1 heterocycles. The first-order valence-corrected chi connectivity index (χ1v) is 18.5. The predicted molar refractivity (Wildman–Crippen MR) is 193 cm³/mol. The van der Waals surface area contributed by atoms with E-state index in [0.717, 1.165) is 50.9 Å². The number of ether oxygens (including phenoxy) is 3. The Kier molecular flexibility index (Phi) is 19.6. The fourth-order valence-corrected chi connectivity index (χ4v) is 6.05. The molecule has 10 heteroatoms. The number of amides is 2. The van der Waals surface area contributed by atoms with Crippen LogP contribution in [0, 0.1) is 17.8 Å². The third-order valence-corrected chi connectivity index (χ3v) is 9.91. The Hall–Kier alpha value is -2.24. The van der Waals surface area contributed by atoms with Crippen molar-refractivity contribution < 1.29 is 28.9 Å². The van der Waals surface area contributed by atoms with Gasteiger partial charge in [-0.25, -0.2) is 0 Å². The molecule has 1 aliphatic heterocycles. The van der Waals surface area contributed by atoms with Crippen LogP contribution in [0.5, 0.6) is 5.75 Å². The van der Waals surface area contributed by atoms with Gasteiger partial charge in [0.2, 0.25) is 5.91 Å². The molecule has 1 saturated heterocycles. The van der Waals surface area contributed by atoms with Gasteiger partial charge in [0.25, 0.3) is 5.91 Å². The number of piperidine rings is 1. The van der Waals surface area contributed by atoms with E-state index in [4.69, 9.17) is 19.9 Å². The maximum Gasteiger partial charge on any atom is 0.255 e.